The van der Waals surface area contributed by atoms with Crippen molar-refractivity contribution >= 4 is 44.8 Å². The lowest BCUT2D eigenvalue weighted by Gasteiger charge is -2.26. The SMILES string of the molecule is COC(=O)c1ccc(N2C(=O)CC(N(CCc3ccc(OC)c(OC)c3)S(=O)(=O)c3cccs3)C2=O)cc1. The molecule has 1 fully saturated rings. The third kappa shape index (κ3) is 5.28. The molecule has 1 saturated heterocycles. The van der Waals surface area contributed by atoms with Gasteiger partial charge in [0.05, 0.1) is 39.0 Å². The summed E-state index contributed by atoms with van der Waals surface area (Å²) in [6.45, 7) is -0.0471. The molecule has 2 aromatic carbocycles. The van der Waals surface area contributed by atoms with Crippen LogP contribution in [0, 0.1) is 0 Å². The molecule has 0 saturated carbocycles. The van der Waals surface area contributed by atoms with Gasteiger partial charge < -0.3 is 14.2 Å². The van der Waals surface area contributed by atoms with Crippen molar-refractivity contribution in [1.29, 1.82) is 0 Å². The molecule has 2 heterocycles. The normalized spacial score (nSPS) is 15.7. The second-order valence-corrected chi connectivity index (χ2v) is 11.4. The van der Waals surface area contributed by atoms with Gasteiger partial charge >= 0.3 is 5.97 Å². The van der Waals surface area contributed by atoms with Crippen LogP contribution >= 0.6 is 11.3 Å². The Morgan fingerprint density at radius 3 is 2.34 bits per heavy atom. The van der Waals surface area contributed by atoms with E-state index in [1.54, 1.807) is 29.6 Å². The number of imide groups is 1. The van der Waals surface area contributed by atoms with E-state index in [4.69, 9.17) is 9.47 Å². The molecule has 200 valence electrons. The number of nitrogens with zero attached hydrogens (tertiary/aromatic N) is 2. The smallest absolute Gasteiger partial charge is 0.337 e. The summed E-state index contributed by atoms with van der Waals surface area (Å²) in [7, 11) is 0.183. The minimum atomic E-state index is -4.09. The fourth-order valence-corrected chi connectivity index (χ4v) is 6.92. The third-order valence-electron chi connectivity index (χ3n) is 6.14. The lowest BCUT2D eigenvalue weighted by molar-refractivity contribution is -0.122. The number of anilines is 1. The molecule has 1 unspecified atom stereocenters. The number of rotatable bonds is 10. The van der Waals surface area contributed by atoms with Gasteiger partial charge in [-0.05, 0) is 59.8 Å². The Morgan fingerprint density at radius 2 is 1.74 bits per heavy atom. The van der Waals surface area contributed by atoms with Gasteiger partial charge in [0.25, 0.3) is 15.9 Å². The molecular weight excluding hydrogens is 532 g/mol. The van der Waals surface area contributed by atoms with Crippen molar-refractivity contribution in [3.63, 3.8) is 0 Å². The maximum atomic E-state index is 13.6. The van der Waals surface area contributed by atoms with Crippen LogP contribution in [0.3, 0.4) is 0 Å². The Bertz CT molecular complexity index is 1440. The molecule has 0 N–H and O–H groups in total. The van der Waals surface area contributed by atoms with Gasteiger partial charge in [0, 0.05) is 6.54 Å². The van der Waals surface area contributed by atoms with E-state index in [-0.39, 0.29) is 34.8 Å². The number of hydrogen-bond donors (Lipinski definition) is 0. The molecule has 0 spiro atoms. The molecule has 38 heavy (non-hydrogen) atoms. The minimum Gasteiger partial charge on any atom is -0.493 e. The maximum absolute atomic E-state index is 13.6. The monoisotopic (exact) mass is 558 g/mol. The van der Waals surface area contributed by atoms with Crippen molar-refractivity contribution in [2.45, 2.75) is 23.1 Å². The lowest BCUT2D eigenvalue weighted by atomic mass is 10.1. The summed E-state index contributed by atoms with van der Waals surface area (Å²) in [6.07, 6.45) is -0.0507. The molecule has 1 aromatic heterocycles. The Kier molecular flexibility index (Phi) is 8.14. The van der Waals surface area contributed by atoms with E-state index < -0.39 is 33.8 Å². The Morgan fingerprint density at radius 1 is 1.03 bits per heavy atom. The average molecular weight is 559 g/mol. The zero-order chi connectivity index (χ0) is 27.4. The quantitative estimate of drug-likeness (QED) is 0.275. The first-order valence-electron chi connectivity index (χ1n) is 11.5. The van der Waals surface area contributed by atoms with E-state index in [0.717, 1.165) is 26.1 Å². The predicted octanol–water partition coefficient (Wildman–Crippen LogP) is 3.12. The molecule has 0 aliphatic carbocycles. The summed E-state index contributed by atoms with van der Waals surface area (Å²) in [5.41, 5.74) is 1.26. The summed E-state index contributed by atoms with van der Waals surface area (Å²) >= 11 is 1.04. The van der Waals surface area contributed by atoms with E-state index in [1.807, 2.05) is 0 Å². The highest BCUT2D eigenvalue weighted by molar-refractivity contribution is 7.91. The maximum Gasteiger partial charge on any atom is 0.337 e. The van der Waals surface area contributed by atoms with Crippen molar-refractivity contribution < 1.29 is 37.0 Å². The summed E-state index contributed by atoms with van der Waals surface area (Å²) < 4.78 is 43.7. The van der Waals surface area contributed by atoms with Gasteiger partial charge in [-0.2, -0.15) is 4.31 Å². The topological polar surface area (TPSA) is 120 Å². The predicted molar refractivity (Wildman–Crippen MR) is 140 cm³/mol. The Hall–Kier alpha value is -3.74. The van der Waals surface area contributed by atoms with Crippen LogP contribution in [0.25, 0.3) is 0 Å². The van der Waals surface area contributed by atoms with Crippen LogP contribution in [0.4, 0.5) is 5.69 Å². The molecule has 1 aliphatic heterocycles. The lowest BCUT2D eigenvalue weighted by Crippen LogP contribution is -2.46. The highest BCUT2D eigenvalue weighted by Crippen LogP contribution is 2.32. The summed E-state index contributed by atoms with van der Waals surface area (Å²) in [5.74, 6) is -0.732. The van der Waals surface area contributed by atoms with Crippen LogP contribution in [-0.4, -0.2) is 64.4 Å². The molecule has 0 radical (unpaired) electrons. The molecule has 10 nitrogen and oxygen atoms in total. The van der Waals surface area contributed by atoms with Crippen LogP contribution in [0.15, 0.2) is 64.2 Å². The standard InChI is InChI=1S/C26H26N2O8S2/c1-34-21-11-6-17(15-22(21)35-2)12-13-27(38(32,33)24-5-4-14-37-24)20-16-23(29)28(25(20)30)19-9-7-18(8-10-19)26(31)36-3/h4-11,14-15,20H,12-13,16H2,1-3H3. The number of sulfonamides is 1. The van der Waals surface area contributed by atoms with E-state index in [1.165, 1.54) is 51.7 Å². The fourth-order valence-electron chi connectivity index (χ4n) is 4.22. The van der Waals surface area contributed by atoms with Crippen LogP contribution in [0.1, 0.15) is 22.3 Å². The van der Waals surface area contributed by atoms with Crippen LogP contribution in [0.2, 0.25) is 0 Å². The number of ether oxygens (including phenoxy) is 3. The third-order valence-corrected chi connectivity index (χ3v) is 9.43. The highest BCUT2D eigenvalue weighted by Gasteiger charge is 2.47. The number of esters is 1. The van der Waals surface area contributed by atoms with Crippen LogP contribution in [0.5, 0.6) is 11.5 Å². The van der Waals surface area contributed by atoms with Gasteiger partial charge in [-0.3, -0.25) is 9.59 Å². The average Bonchev–Trinajstić information content (AvgIpc) is 3.57. The summed E-state index contributed by atoms with van der Waals surface area (Å²) in [5, 5.41) is 1.64. The number of thiophene rings is 1. The van der Waals surface area contributed by atoms with E-state index in [9.17, 15) is 22.8 Å². The van der Waals surface area contributed by atoms with Gasteiger partial charge in [0.1, 0.15) is 10.3 Å². The van der Waals surface area contributed by atoms with Gasteiger partial charge in [-0.15, -0.1) is 11.3 Å². The summed E-state index contributed by atoms with van der Waals surface area (Å²) in [6, 6.07) is 12.9. The fraction of sp³-hybridized carbons (Fsp3) is 0.269. The molecule has 2 amide bonds. The van der Waals surface area contributed by atoms with Crippen molar-refractivity contribution in [1.82, 2.24) is 4.31 Å². The van der Waals surface area contributed by atoms with E-state index in [2.05, 4.69) is 4.74 Å². The molecule has 3 aromatic rings. The van der Waals surface area contributed by atoms with Crippen molar-refractivity contribution in [3.8, 4) is 11.5 Å². The van der Waals surface area contributed by atoms with E-state index in [0.29, 0.717) is 11.5 Å². The summed E-state index contributed by atoms with van der Waals surface area (Å²) in [4.78, 5) is 39.2. The van der Waals surface area contributed by atoms with Gasteiger partial charge in [0.15, 0.2) is 11.5 Å². The van der Waals surface area contributed by atoms with Crippen LogP contribution < -0.4 is 14.4 Å². The van der Waals surface area contributed by atoms with Crippen molar-refractivity contribution in [2.24, 2.45) is 0 Å². The number of methoxy groups -OCH3 is 3. The largest absolute Gasteiger partial charge is 0.493 e. The molecule has 0 bridgehead atoms. The van der Waals surface area contributed by atoms with Gasteiger partial charge in [-0.25, -0.2) is 18.1 Å². The zero-order valence-electron chi connectivity index (χ0n) is 20.9. The molecule has 1 aliphatic rings. The molecular formula is C26H26N2O8S2. The minimum absolute atomic E-state index is 0.0471. The van der Waals surface area contributed by atoms with Crippen LogP contribution in [-0.2, 0) is 30.8 Å². The number of carbonyl (C=O) groups excluding carboxylic acids is 3. The Balaban J connectivity index is 1.64. The van der Waals surface area contributed by atoms with Gasteiger partial charge in [-0.1, -0.05) is 12.1 Å². The van der Waals surface area contributed by atoms with Crippen molar-refractivity contribution in [2.75, 3.05) is 32.8 Å². The number of benzene rings is 2. The first-order chi connectivity index (χ1) is 18.2. The number of carbonyl (C=O) groups is 3. The molecule has 12 heteroatoms. The second-order valence-electron chi connectivity index (χ2n) is 8.31. The number of hydrogen-bond acceptors (Lipinski definition) is 9. The molecule has 1 atom stereocenters. The number of amides is 2. The van der Waals surface area contributed by atoms with Gasteiger partial charge in [0.2, 0.25) is 5.91 Å². The first-order valence-corrected chi connectivity index (χ1v) is 13.8. The second kappa shape index (κ2) is 11.3. The molecule has 4 rings (SSSR count). The van der Waals surface area contributed by atoms with E-state index >= 15 is 0 Å². The first kappa shape index (κ1) is 27.3. The van der Waals surface area contributed by atoms with Crippen molar-refractivity contribution in [3.05, 3.63) is 71.1 Å². The Labute approximate surface area is 224 Å². The zero-order valence-corrected chi connectivity index (χ0v) is 22.6. The highest BCUT2D eigenvalue weighted by atomic mass is 32.2.